The fourth-order valence-electron chi connectivity index (χ4n) is 3.92. The van der Waals surface area contributed by atoms with Gasteiger partial charge in [0.05, 0.1) is 12.1 Å². The molecular formula is C21H24FN5O2. The molecule has 7 nitrogen and oxygen atoms in total. The Balaban J connectivity index is 1.46. The number of H-pyrrole nitrogens is 1. The summed E-state index contributed by atoms with van der Waals surface area (Å²) in [6.07, 6.45) is 3.55. The number of hydrogen-bond donors (Lipinski definition) is 3. The first-order valence-electron chi connectivity index (χ1n) is 9.81. The molecule has 1 aliphatic rings. The van der Waals surface area contributed by atoms with E-state index in [0.29, 0.717) is 17.7 Å². The number of nitrogens with zero attached hydrogens (tertiary/aromatic N) is 3. The number of halogens is 1. The molecule has 3 heterocycles. The summed E-state index contributed by atoms with van der Waals surface area (Å²) in [6.45, 7) is 4.27. The Hall–Kier alpha value is -3.00. The molecule has 29 heavy (non-hydrogen) atoms. The van der Waals surface area contributed by atoms with Crippen LogP contribution in [0.2, 0.25) is 0 Å². The second-order valence-corrected chi connectivity index (χ2v) is 7.59. The minimum atomic E-state index is -0.766. The maximum atomic E-state index is 13.7. The summed E-state index contributed by atoms with van der Waals surface area (Å²) in [5.74, 6) is -0.320. The summed E-state index contributed by atoms with van der Waals surface area (Å²) < 4.78 is 13.7. The van der Waals surface area contributed by atoms with Crippen molar-refractivity contribution in [2.45, 2.75) is 32.2 Å². The summed E-state index contributed by atoms with van der Waals surface area (Å²) >= 11 is 0. The zero-order valence-corrected chi connectivity index (χ0v) is 16.3. The van der Waals surface area contributed by atoms with Gasteiger partial charge in [-0.25, -0.2) is 4.39 Å². The Morgan fingerprint density at radius 2 is 2.24 bits per heavy atom. The molecule has 0 saturated carbocycles. The third kappa shape index (κ3) is 4.37. The normalized spacial score (nSPS) is 17.5. The number of likely N-dealkylation sites (tertiary alicyclic amines) is 1. The van der Waals surface area contributed by atoms with Crippen molar-refractivity contribution in [1.82, 2.24) is 20.1 Å². The van der Waals surface area contributed by atoms with Gasteiger partial charge in [0.1, 0.15) is 11.6 Å². The van der Waals surface area contributed by atoms with Crippen LogP contribution in [-0.2, 0) is 4.79 Å². The number of fused-ring (bicyclic) bond motifs is 1. The van der Waals surface area contributed by atoms with E-state index in [1.54, 1.807) is 6.07 Å². The minimum absolute atomic E-state index is 0.162. The summed E-state index contributed by atoms with van der Waals surface area (Å²) in [7, 11) is 0. The summed E-state index contributed by atoms with van der Waals surface area (Å²) in [6, 6.07) is 7.67. The Bertz CT molecular complexity index is 1040. The van der Waals surface area contributed by atoms with Gasteiger partial charge < -0.3 is 20.3 Å². The van der Waals surface area contributed by atoms with Crippen molar-refractivity contribution >= 4 is 22.7 Å². The maximum Gasteiger partial charge on any atom is 0.304 e. The van der Waals surface area contributed by atoms with Crippen LogP contribution in [0.4, 0.5) is 10.2 Å². The fraction of sp³-hybridized carbons (Fsp3) is 0.381. The lowest BCUT2D eigenvalue weighted by atomic mass is 10.0. The summed E-state index contributed by atoms with van der Waals surface area (Å²) in [4.78, 5) is 15.9. The van der Waals surface area contributed by atoms with Crippen molar-refractivity contribution in [1.29, 1.82) is 0 Å². The number of piperidine rings is 1. The van der Waals surface area contributed by atoms with Gasteiger partial charge in [-0.2, -0.15) is 0 Å². The van der Waals surface area contributed by atoms with Crippen LogP contribution >= 0.6 is 0 Å². The van der Waals surface area contributed by atoms with Gasteiger partial charge in [-0.15, -0.1) is 10.2 Å². The van der Waals surface area contributed by atoms with Crippen LogP contribution in [0.3, 0.4) is 0 Å². The third-order valence-electron chi connectivity index (χ3n) is 5.39. The zero-order chi connectivity index (χ0) is 20.4. The number of aromatic amines is 1. The van der Waals surface area contributed by atoms with Crippen molar-refractivity contribution in [3.63, 3.8) is 0 Å². The number of benzene rings is 1. The molecule has 2 aromatic heterocycles. The predicted molar refractivity (Wildman–Crippen MR) is 109 cm³/mol. The van der Waals surface area contributed by atoms with Gasteiger partial charge >= 0.3 is 5.97 Å². The third-order valence-corrected chi connectivity index (χ3v) is 5.39. The maximum absolute atomic E-state index is 13.7. The van der Waals surface area contributed by atoms with Crippen molar-refractivity contribution in [3.8, 4) is 11.3 Å². The van der Waals surface area contributed by atoms with E-state index in [1.807, 2.05) is 25.1 Å². The Morgan fingerprint density at radius 3 is 3.03 bits per heavy atom. The van der Waals surface area contributed by atoms with E-state index in [0.717, 1.165) is 48.3 Å². The van der Waals surface area contributed by atoms with E-state index < -0.39 is 5.97 Å². The van der Waals surface area contributed by atoms with E-state index in [2.05, 4.69) is 25.4 Å². The van der Waals surface area contributed by atoms with Gasteiger partial charge in [0.25, 0.3) is 0 Å². The second-order valence-electron chi connectivity index (χ2n) is 7.59. The molecular weight excluding hydrogens is 373 g/mol. The summed E-state index contributed by atoms with van der Waals surface area (Å²) in [5.41, 5.74) is 3.35. The van der Waals surface area contributed by atoms with Gasteiger partial charge in [-0.05, 0) is 50.1 Å². The molecule has 1 atom stereocenters. The monoisotopic (exact) mass is 397 g/mol. The van der Waals surface area contributed by atoms with Crippen molar-refractivity contribution < 1.29 is 14.3 Å². The molecule has 8 heteroatoms. The number of carboxylic acid groups (broad SMARTS) is 1. The Kier molecular flexibility index (Phi) is 5.44. The van der Waals surface area contributed by atoms with Crippen LogP contribution in [0.15, 0.2) is 30.5 Å². The highest BCUT2D eigenvalue weighted by atomic mass is 19.1. The number of carboxylic acids is 1. The van der Waals surface area contributed by atoms with Gasteiger partial charge in [-0.3, -0.25) is 4.79 Å². The first-order chi connectivity index (χ1) is 14.0. The van der Waals surface area contributed by atoms with Gasteiger partial charge in [-0.1, -0.05) is 6.07 Å². The first kappa shape index (κ1) is 19.3. The molecule has 1 saturated heterocycles. The van der Waals surface area contributed by atoms with Crippen LogP contribution in [0.25, 0.3) is 22.2 Å². The number of hydrogen-bond acceptors (Lipinski definition) is 5. The van der Waals surface area contributed by atoms with Gasteiger partial charge in [0.2, 0.25) is 0 Å². The minimum Gasteiger partial charge on any atom is -0.481 e. The van der Waals surface area contributed by atoms with E-state index in [1.165, 1.54) is 6.20 Å². The number of carbonyl (C=O) groups is 1. The number of rotatable bonds is 6. The van der Waals surface area contributed by atoms with Crippen LogP contribution < -0.4 is 5.32 Å². The molecule has 0 aliphatic carbocycles. The predicted octanol–water partition coefficient (Wildman–Crippen LogP) is 3.42. The molecule has 3 aromatic rings. The molecule has 1 aliphatic heterocycles. The van der Waals surface area contributed by atoms with Crippen LogP contribution in [0, 0.1) is 12.7 Å². The van der Waals surface area contributed by atoms with Crippen LogP contribution in [0.5, 0.6) is 0 Å². The molecule has 0 unspecified atom stereocenters. The molecule has 152 valence electrons. The number of aliphatic carboxylic acids is 1. The van der Waals surface area contributed by atoms with E-state index in [4.69, 9.17) is 5.11 Å². The smallest absolute Gasteiger partial charge is 0.304 e. The average molecular weight is 397 g/mol. The number of aryl methyl sites for hydroxylation is 1. The SMILES string of the molecule is Cc1cc(N[C@@H]2CCCN(CCC(=O)O)C2)nnc1-c1ccc2c(F)c[nH]c2c1. The molecule has 1 aromatic carbocycles. The molecule has 1 fully saturated rings. The highest BCUT2D eigenvalue weighted by Gasteiger charge is 2.21. The highest BCUT2D eigenvalue weighted by molar-refractivity contribution is 5.85. The molecule has 0 spiro atoms. The van der Waals surface area contributed by atoms with Crippen molar-refractivity contribution in [2.24, 2.45) is 0 Å². The van der Waals surface area contributed by atoms with E-state index >= 15 is 0 Å². The molecule has 0 amide bonds. The molecule has 3 N–H and O–H groups in total. The molecule has 4 rings (SSSR count). The fourth-order valence-corrected chi connectivity index (χ4v) is 3.92. The van der Waals surface area contributed by atoms with Crippen LogP contribution in [0.1, 0.15) is 24.8 Å². The average Bonchev–Trinajstić information content (AvgIpc) is 3.07. The van der Waals surface area contributed by atoms with E-state index in [-0.39, 0.29) is 18.3 Å². The van der Waals surface area contributed by atoms with Crippen molar-refractivity contribution in [2.75, 3.05) is 25.0 Å². The van der Waals surface area contributed by atoms with Crippen molar-refractivity contribution in [3.05, 3.63) is 41.8 Å². The standard InChI is InChI=1S/C21H24FN5O2/c1-13-9-19(24-15-3-2-7-27(12-15)8-6-20(28)29)25-26-21(13)14-4-5-16-17(22)11-23-18(16)10-14/h4-5,9-11,15,23H,2-3,6-8,12H2,1H3,(H,24,25)(H,28,29)/t15-/m1/s1. The largest absolute Gasteiger partial charge is 0.481 e. The molecule has 0 bridgehead atoms. The summed E-state index contributed by atoms with van der Waals surface area (Å²) in [5, 5.41) is 21.6. The number of nitrogens with one attached hydrogen (secondary N) is 2. The first-order valence-corrected chi connectivity index (χ1v) is 9.81. The van der Waals surface area contributed by atoms with Crippen LogP contribution in [-0.4, -0.2) is 56.8 Å². The van der Waals surface area contributed by atoms with Gasteiger partial charge in [0.15, 0.2) is 0 Å². The lowest BCUT2D eigenvalue weighted by molar-refractivity contribution is -0.137. The number of anilines is 1. The topological polar surface area (TPSA) is 94.1 Å². The molecule has 0 radical (unpaired) electrons. The lowest BCUT2D eigenvalue weighted by Crippen LogP contribution is -2.43. The highest BCUT2D eigenvalue weighted by Crippen LogP contribution is 2.27. The Labute approximate surface area is 167 Å². The zero-order valence-electron chi connectivity index (χ0n) is 16.3. The quantitative estimate of drug-likeness (QED) is 0.590. The Morgan fingerprint density at radius 1 is 1.38 bits per heavy atom. The lowest BCUT2D eigenvalue weighted by Gasteiger charge is -2.33. The van der Waals surface area contributed by atoms with Gasteiger partial charge in [0, 0.05) is 41.8 Å². The second kappa shape index (κ2) is 8.16. The number of aromatic nitrogens is 3. The van der Waals surface area contributed by atoms with E-state index in [9.17, 15) is 9.18 Å².